The second kappa shape index (κ2) is 8.89. The van der Waals surface area contributed by atoms with Gasteiger partial charge < -0.3 is 19.9 Å². The normalized spacial score (nSPS) is 20.8. The minimum Gasteiger partial charge on any atom is -0.381 e. The molecule has 2 aromatic rings. The van der Waals surface area contributed by atoms with Crippen LogP contribution in [0.3, 0.4) is 0 Å². The first-order chi connectivity index (χ1) is 15.6. The molecule has 1 aliphatic carbocycles. The summed E-state index contributed by atoms with van der Waals surface area (Å²) in [4.78, 5) is 14.9. The molecule has 0 saturated carbocycles. The number of hydrogen-bond donors (Lipinski definition) is 1. The Bertz CT molecular complexity index is 985. The van der Waals surface area contributed by atoms with Crippen LogP contribution in [-0.2, 0) is 16.6 Å². The van der Waals surface area contributed by atoms with Crippen LogP contribution in [-0.4, -0.2) is 61.4 Å². The molecule has 0 aromatic heterocycles. The summed E-state index contributed by atoms with van der Waals surface area (Å²) in [6.45, 7) is 5.59. The van der Waals surface area contributed by atoms with E-state index in [2.05, 4.69) is 31.3 Å². The van der Waals surface area contributed by atoms with Crippen molar-refractivity contribution in [3.8, 4) is 0 Å². The van der Waals surface area contributed by atoms with Gasteiger partial charge in [0.25, 0.3) is 0 Å². The van der Waals surface area contributed by atoms with Gasteiger partial charge in [0.2, 0.25) is 0 Å². The number of ether oxygens (including phenoxy) is 1. The van der Waals surface area contributed by atoms with Crippen LogP contribution in [0.1, 0.15) is 36.6 Å². The summed E-state index contributed by atoms with van der Waals surface area (Å²) >= 11 is 0. The predicted octanol–water partition coefficient (Wildman–Crippen LogP) is 4.99. The van der Waals surface area contributed by atoms with Crippen LogP contribution < -0.4 is 5.32 Å². The summed E-state index contributed by atoms with van der Waals surface area (Å²) < 4.78 is 47.2. The van der Waals surface area contributed by atoms with Gasteiger partial charge in [0.15, 0.2) is 6.04 Å². The highest BCUT2D eigenvalue weighted by atomic mass is 19.4. The van der Waals surface area contributed by atoms with Crippen LogP contribution in [0, 0.1) is 0 Å². The number of carbonyl (C=O) groups excluding carboxylic acids is 1. The van der Waals surface area contributed by atoms with Crippen LogP contribution in [0.25, 0.3) is 0 Å². The standard InChI is InChI=1S/C25H30F3N3O2/c1-24(2)20-7-5-4-6-18(20)16-21(24)29-19-10-8-17(9-11-19)22(25(26,27)28)30(3)23(32)31-12-14-33-15-13-31/h4-11,21-22,29H,12-16H2,1-3H3/t21-,22-/m0/s1. The molecule has 2 amide bonds. The SMILES string of the molecule is CN(C(=O)N1CCOCC1)[C@@H](c1ccc(N[C@H]2Cc3ccccc3C2(C)C)cc1)C(F)(F)F. The number of amides is 2. The summed E-state index contributed by atoms with van der Waals surface area (Å²) in [7, 11) is 1.21. The van der Waals surface area contributed by atoms with Gasteiger partial charge in [-0.25, -0.2) is 4.79 Å². The molecule has 4 rings (SSSR count). The van der Waals surface area contributed by atoms with Gasteiger partial charge in [0.1, 0.15) is 0 Å². The molecule has 8 heteroatoms. The number of alkyl halides is 3. The van der Waals surface area contributed by atoms with E-state index in [9.17, 15) is 18.0 Å². The Kier molecular flexibility index (Phi) is 6.31. The number of hydrogen-bond acceptors (Lipinski definition) is 3. The molecule has 178 valence electrons. The van der Waals surface area contributed by atoms with Crippen molar-refractivity contribution in [1.29, 1.82) is 0 Å². The van der Waals surface area contributed by atoms with E-state index in [-0.39, 0.29) is 30.1 Å². The Morgan fingerprint density at radius 1 is 1.12 bits per heavy atom. The zero-order valence-corrected chi connectivity index (χ0v) is 19.2. The third-order valence-electron chi connectivity index (χ3n) is 6.85. The van der Waals surface area contributed by atoms with Crippen molar-refractivity contribution in [2.24, 2.45) is 0 Å². The summed E-state index contributed by atoms with van der Waals surface area (Å²) in [6, 6.07) is 12.0. The lowest BCUT2D eigenvalue weighted by Crippen LogP contribution is -2.50. The van der Waals surface area contributed by atoms with Crippen molar-refractivity contribution in [2.75, 3.05) is 38.7 Å². The van der Waals surface area contributed by atoms with E-state index in [0.29, 0.717) is 13.2 Å². The first kappa shape index (κ1) is 23.4. The van der Waals surface area contributed by atoms with Crippen LogP contribution in [0.15, 0.2) is 48.5 Å². The number of anilines is 1. The van der Waals surface area contributed by atoms with Crippen molar-refractivity contribution < 1.29 is 22.7 Å². The van der Waals surface area contributed by atoms with E-state index in [4.69, 9.17) is 4.74 Å². The number of halogens is 3. The molecular formula is C25H30F3N3O2. The molecule has 5 nitrogen and oxygen atoms in total. The highest BCUT2D eigenvalue weighted by molar-refractivity contribution is 5.75. The molecule has 1 heterocycles. The molecule has 1 aliphatic heterocycles. The Labute approximate surface area is 192 Å². The number of nitrogens with zero attached hydrogens (tertiary/aromatic N) is 2. The highest BCUT2D eigenvalue weighted by Crippen LogP contribution is 2.41. The average Bonchev–Trinajstić information content (AvgIpc) is 3.04. The lowest BCUT2D eigenvalue weighted by Gasteiger charge is -2.36. The topological polar surface area (TPSA) is 44.8 Å². The van der Waals surface area contributed by atoms with Crippen molar-refractivity contribution in [3.05, 3.63) is 65.2 Å². The summed E-state index contributed by atoms with van der Waals surface area (Å²) in [5.41, 5.74) is 3.27. The number of carbonyl (C=O) groups is 1. The van der Waals surface area contributed by atoms with E-state index < -0.39 is 18.2 Å². The Balaban J connectivity index is 1.51. The molecular weight excluding hydrogens is 431 g/mol. The van der Waals surface area contributed by atoms with Gasteiger partial charge in [0, 0.05) is 37.3 Å². The van der Waals surface area contributed by atoms with Gasteiger partial charge in [-0.3, -0.25) is 0 Å². The monoisotopic (exact) mass is 461 g/mol. The first-order valence-electron chi connectivity index (χ1n) is 11.2. The summed E-state index contributed by atoms with van der Waals surface area (Å²) in [5.74, 6) is 0. The minimum absolute atomic E-state index is 0.0335. The van der Waals surface area contributed by atoms with Gasteiger partial charge in [-0.15, -0.1) is 0 Å². The molecule has 1 fully saturated rings. The molecule has 1 saturated heterocycles. The van der Waals surface area contributed by atoms with E-state index in [1.54, 1.807) is 12.1 Å². The molecule has 0 radical (unpaired) electrons. The zero-order chi connectivity index (χ0) is 23.8. The van der Waals surface area contributed by atoms with Crippen LogP contribution in [0.2, 0.25) is 0 Å². The van der Waals surface area contributed by atoms with Crippen LogP contribution >= 0.6 is 0 Å². The van der Waals surface area contributed by atoms with Gasteiger partial charge in [-0.05, 0) is 35.2 Å². The van der Waals surface area contributed by atoms with E-state index in [1.807, 2.05) is 12.1 Å². The predicted molar refractivity (Wildman–Crippen MR) is 121 cm³/mol. The number of fused-ring (bicyclic) bond motifs is 1. The van der Waals surface area contributed by atoms with Crippen molar-refractivity contribution in [1.82, 2.24) is 9.80 Å². The number of benzene rings is 2. The second-order valence-corrected chi connectivity index (χ2v) is 9.34. The molecule has 0 spiro atoms. The zero-order valence-electron chi connectivity index (χ0n) is 19.2. The fourth-order valence-electron chi connectivity index (χ4n) is 4.90. The maximum absolute atomic E-state index is 14.0. The van der Waals surface area contributed by atoms with E-state index in [0.717, 1.165) is 17.0 Å². The molecule has 0 unspecified atom stereocenters. The smallest absolute Gasteiger partial charge is 0.381 e. The lowest BCUT2D eigenvalue weighted by molar-refractivity contribution is -0.177. The lowest BCUT2D eigenvalue weighted by atomic mass is 9.83. The van der Waals surface area contributed by atoms with Gasteiger partial charge in [-0.2, -0.15) is 13.2 Å². The van der Waals surface area contributed by atoms with Gasteiger partial charge >= 0.3 is 12.2 Å². The van der Waals surface area contributed by atoms with Crippen molar-refractivity contribution in [2.45, 2.75) is 43.9 Å². The van der Waals surface area contributed by atoms with Gasteiger partial charge in [0.05, 0.1) is 13.2 Å². The molecule has 2 aromatic carbocycles. The summed E-state index contributed by atoms with van der Waals surface area (Å²) in [6.07, 6.45) is -3.74. The minimum atomic E-state index is -4.60. The fraction of sp³-hybridized carbons (Fsp3) is 0.480. The Morgan fingerprint density at radius 2 is 1.76 bits per heavy atom. The average molecular weight is 462 g/mol. The van der Waals surface area contributed by atoms with Crippen molar-refractivity contribution >= 4 is 11.7 Å². The first-order valence-corrected chi connectivity index (χ1v) is 11.2. The summed E-state index contributed by atoms with van der Waals surface area (Å²) in [5, 5.41) is 3.50. The third-order valence-corrected chi connectivity index (χ3v) is 6.85. The highest BCUT2D eigenvalue weighted by Gasteiger charge is 2.46. The van der Waals surface area contributed by atoms with E-state index in [1.165, 1.54) is 35.2 Å². The molecule has 0 bridgehead atoms. The Hall–Kier alpha value is -2.74. The molecule has 33 heavy (non-hydrogen) atoms. The number of nitrogens with one attached hydrogen (secondary N) is 1. The molecule has 2 aliphatic rings. The van der Waals surface area contributed by atoms with Crippen LogP contribution in [0.4, 0.5) is 23.7 Å². The number of urea groups is 1. The van der Waals surface area contributed by atoms with Crippen LogP contribution in [0.5, 0.6) is 0 Å². The maximum atomic E-state index is 14.0. The fourth-order valence-corrected chi connectivity index (χ4v) is 4.90. The molecule has 2 atom stereocenters. The third kappa shape index (κ3) is 4.67. The van der Waals surface area contributed by atoms with Crippen molar-refractivity contribution in [3.63, 3.8) is 0 Å². The number of morpholine rings is 1. The van der Waals surface area contributed by atoms with Gasteiger partial charge in [-0.1, -0.05) is 50.2 Å². The second-order valence-electron chi connectivity index (χ2n) is 9.34. The largest absolute Gasteiger partial charge is 0.413 e. The number of rotatable bonds is 4. The Morgan fingerprint density at radius 3 is 2.36 bits per heavy atom. The maximum Gasteiger partial charge on any atom is 0.413 e. The molecule has 1 N–H and O–H groups in total. The quantitative estimate of drug-likeness (QED) is 0.698. The van der Waals surface area contributed by atoms with E-state index >= 15 is 0 Å².